The molecule has 0 aliphatic carbocycles. The molecule has 0 bridgehead atoms. The number of carbonyl (C=O) groups excluding carboxylic acids is 1. The van der Waals surface area contributed by atoms with E-state index >= 15 is 0 Å². The standard InChI is InChI=1S/C17H15BrO4S/c1-20-17(19)16(11-12-4-3-5-14(18)10-12)13-6-8-15(9-7-13)23-22-21-2/h3-11H,1-2H3/b16-11+. The summed E-state index contributed by atoms with van der Waals surface area (Å²) in [5.74, 6) is -0.390. The zero-order valence-corrected chi connectivity index (χ0v) is 15.0. The van der Waals surface area contributed by atoms with Crippen molar-refractivity contribution in [3.8, 4) is 0 Å². The summed E-state index contributed by atoms with van der Waals surface area (Å²) in [5.41, 5.74) is 2.15. The van der Waals surface area contributed by atoms with Gasteiger partial charge in [-0.05, 0) is 41.5 Å². The van der Waals surface area contributed by atoms with Crippen LogP contribution in [-0.4, -0.2) is 20.2 Å². The van der Waals surface area contributed by atoms with E-state index in [4.69, 9.17) is 9.07 Å². The summed E-state index contributed by atoms with van der Waals surface area (Å²) in [4.78, 5) is 17.5. The summed E-state index contributed by atoms with van der Waals surface area (Å²) in [6.45, 7) is 0. The Morgan fingerprint density at radius 2 is 1.87 bits per heavy atom. The van der Waals surface area contributed by atoms with Gasteiger partial charge in [0.2, 0.25) is 0 Å². The van der Waals surface area contributed by atoms with Gasteiger partial charge >= 0.3 is 5.97 Å². The van der Waals surface area contributed by atoms with Gasteiger partial charge in [0.1, 0.15) is 0 Å². The molecule has 0 atom stereocenters. The number of ether oxygens (including phenoxy) is 1. The van der Waals surface area contributed by atoms with E-state index < -0.39 is 5.97 Å². The van der Waals surface area contributed by atoms with Crippen LogP contribution in [0.4, 0.5) is 0 Å². The molecule has 0 amide bonds. The molecule has 2 aromatic rings. The molecule has 0 N–H and O–H groups in total. The minimum atomic E-state index is -0.390. The van der Waals surface area contributed by atoms with Crippen LogP contribution in [0.2, 0.25) is 0 Å². The Kier molecular flexibility index (Phi) is 6.85. The maximum atomic E-state index is 12.1. The van der Waals surface area contributed by atoms with Crippen molar-refractivity contribution in [2.24, 2.45) is 0 Å². The lowest BCUT2D eigenvalue weighted by atomic mass is 10.0. The van der Waals surface area contributed by atoms with Gasteiger partial charge in [0, 0.05) is 9.37 Å². The highest BCUT2D eigenvalue weighted by Gasteiger charge is 2.13. The maximum Gasteiger partial charge on any atom is 0.338 e. The number of carbonyl (C=O) groups is 1. The highest BCUT2D eigenvalue weighted by atomic mass is 79.9. The first-order valence-electron chi connectivity index (χ1n) is 6.67. The average molecular weight is 395 g/mol. The van der Waals surface area contributed by atoms with Crippen LogP contribution in [0.3, 0.4) is 0 Å². The summed E-state index contributed by atoms with van der Waals surface area (Å²) < 4.78 is 10.6. The van der Waals surface area contributed by atoms with E-state index in [2.05, 4.69) is 20.8 Å². The molecule has 0 radical (unpaired) electrons. The summed E-state index contributed by atoms with van der Waals surface area (Å²) in [6.07, 6.45) is 1.80. The van der Waals surface area contributed by atoms with Gasteiger partial charge in [-0.15, -0.1) is 0 Å². The van der Waals surface area contributed by atoms with Crippen molar-refractivity contribution in [1.82, 2.24) is 0 Å². The van der Waals surface area contributed by atoms with E-state index in [1.807, 2.05) is 48.5 Å². The molecule has 0 unspecified atom stereocenters. The van der Waals surface area contributed by atoms with Crippen LogP contribution in [0, 0.1) is 0 Å². The molecule has 6 heteroatoms. The predicted octanol–water partition coefficient (Wildman–Crippen LogP) is 4.75. The topological polar surface area (TPSA) is 44.8 Å². The molecule has 0 saturated heterocycles. The molecule has 0 aliphatic heterocycles. The van der Waals surface area contributed by atoms with Crippen molar-refractivity contribution in [1.29, 1.82) is 0 Å². The minimum absolute atomic E-state index is 0.390. The molecule has 0 saturated carbocycles. The highest BCUT2D eigenvalue weighted by Crippen LogP contribution is 2.25. The first-order chi connectivity index (χ1) is 11.1. The third-order valence-electron chi connectivity index (χ3n) is 2.93. The number of esters is 1. The molecule has 2 aromatic carbocycles. The van der Waals surface area contributed by atoms with Crippen molar-refractivity contribution in [2.75, 3.05) is 14.2 Å². The number of rotatable bonds is 6. The summed E-state index contributed by atoms with van der Waals surface area (Å²) in [7, 11) is 2.81. The molecular formula is C17H15BrO4S. The second-order valence-electron chi connectivity index (χ2n) is 4.45. The minimum Gasteiger partial charge on any atom is -0.465 e. The van der Waals surface area contributed by atoms with Crippen molar-refractivity contribution in [2.45, 2.75) is 4.90 Å². The van der Waals surface area contributed by atoms with Crippen LogP contribution in [0.5, 0.6) is 0 Å². The Labute approximate surface area is 147 Å². The third-order valence-corrected chi connectivity index (χ3v) is 4.09. The molecule has 120 valence electrons. The zero-order valence-electron chi connectivity index (χ0n) is 12.6. The summed E-state index contributed by atoms with van der Waals surface area (Å²) >= 11 is 4.52. The second kappa shape index (κ2) is 8.88. The van der Waals surface area contributed by atoms with E-state index in [0.717, 1.165) is 32.5 Å². The normalized spacial score (nSPS) is 11.3. The van der Waals surface area contributed by atoms with Crippen molar-refractivity contribution < 1.29 is 18.8 Å². The van der Waals surface area contributed by atoms with Crippen LogP contribution in [0.1, 0.15) is 11.1 Å². The number of halogens is 1. The fraction of sp³-hybridized carbons (Fsp3) is 0.118. The fourth-order valence-electron chi connectivity index (χ4n) is 1.90. The zero-order chi connectivity index (χ0) is 16.7. The Morgan fingerprint density at radius 3 is 2.48 bits per heavy atom. The summed E-state index contributed by atoms with van der Waals surface area (Å²) in [6, 6.07) is 15.0. The third kappa shape index (κ3) is 5.21. The molecule has 0 aliphatic rings. The largest absolute Gasteiger partial charge is 0.465 e. The summed E-state index contributed by atoms with van der Waals surface area (Å²) in [5, 5.41) is 0. The highest BCUT2D eigenvalue weighted by molar-refractivity contribution is 9.10. The van der Waals surface area contributed by atoms with E-state index in [-0.39, 0.29) is 0 Å². The molecule has 0 heterocycles. The molecule has 2 rings (SSSR count). The Hall–Kier alpha value is -1.60. The van der Waals surface area contributed by atoms with Gasteiger partial charge in [-0.1, -0.05) is 40.2 Å². The lowest BCUT2D eigenvalue weighted by molar-refractivity contribution is -0.160. The van der Waals surface area contributed by atoms with Gasteiger partial charge in [0.15, 0.2) is 0 Å². The van der Waals surface area contributed by atoms with Gasteiger partial charge in [0.25, 0.3) is 0 Å². The van der Waals surface area contributed by atoms with Gasteiger partial charge in [-0.3, -0.25) is 0 Å². The number of methoxy groups -OCH3 is 1. The number of hydrogen-bond donors (Lipinski definition) is 0. The lowest BCUT2D eigenvalue weighted by Gasteiger charge is -2.07. The number of benzene rings is 2. The fourth-order valence-corrected chi connectivity index (χ4v) is 2.71. The molecule has 23 heavy (non-hydrogen) atoms. The van der Waals surface area contributed by atoms with Crippen LogP contribution < -0.4 is 0 Å². The SMILES string of the molecule is COOSc1ccc(/C(=C\c2cccc(Br)c2)C(=O)OC)cc1. The first kappa shape index (κ1) is 17.7. The van der Waals surface area contributed by atoms with Crippen molar-refractivity contribution >= 4 is 45.6 Å². The van der Waals surface area contributed by atoms with Crippen LogP contribution >= 0.6 is 28.0 Å². The van der Waals surface area contributed by atoms with Gasteiger partial charge in [-0.25, -0.2) is 9.68 Å². The van der Waals surface area contributed by atoms with E-state index in [1.165, 1.54) is 14.2 Å². The molecule has 0 fully saturated rings. The molecular weight excluding hydrogens is 380 g/mol. The monoisotopic (exact) mass is 394 g/mol. The van der Waals surface area contributed by atoms with Crippen LogP contribution in [0.15, 0.2) is 57.9 Å². The number of hydrogen-bond acceptors (Lipinski definition) is 5. The van der Waals surface area contributed by atoms with Crippen LogP contribution in [0.25, 0.3) is 11.6 Å². The predicted molar refractivity (Wildman–Crippen MR) is 94.4 cm³/mol. The Balaban J connectivity index is 2.33. The quantitative estimate of drug-likeness (QED) is 0.176. The second-order valence-corrected chi connectivity index (χ2v) is 6.14. The van der Waals surface area contributed by atoms with Crippen molar-refractivity contribution in [3.05, 3.63) is 64.1 Å². The van der Waals surface area contributed by atoms with E-state index in [0.29, 0.717) is 5.57 Å². The van der Waals surface area contributed by atoms with E-state index in [9.17, 15) is 4.79 Å². The van der Waals surface area contributed by atoms with Gasteiger partial charge < -0.3 is 4.74 Å². The van der Waals surface area contributed by atoms with E-state index in [1.54, 1.807) is 6.08 Å². The Bertz CT molecular complexity index is 698. The molecule has 0 aromatic heterocycles. The smallest absolute Gasteiger partial charge is 0.338 e. The maximum absolute atomic E-state index is 12.1. The van der Waals surface area contributed by atoms with Gasteiger partial charge in [-0.2, -0.15) is 4.33 Å². The molecule has 0 spiro atoms. The van der Waals surface area contributed by atoms with Crippen LogP contribution in [-0.2, 0) is 18.8 Å². The lowest BCUT2D eigenvalue weighted by Crippen LogP contribution is -2.03. The first-order valence-corrected chi connectivity index (χ1v) is 8.21. The van der Waals surface area contributed by atoms with Gasteiger partial charge in [0.05, 0.1) is 31.8 Å². The molecule has 4 nitrogen and oxygen atoms in total. The Morgan fingerprint density at radius 1 is 1.13 bits per heavy atom. The average Bonchev–Trinajstić information content (AvgIpc) is 2.58. The van der Waals surface area contributed by atoms with Crippen molar-refractivity contribution in [3.63, 3.8) is 0 Å².